The zero-order valence-corrected chi connectivity index (χ0v) is 14.5. The quantitative estimate of drug-likeness (QED) is 0.758. The average molecular weight is 393 g/mol. The average Bonchev–Trinajstić information content (AvgIpc) is 2.89. The van der Waals surface area contributed by atoms with E-state index in [0.29, 0.717) is 4.90 Å². The molecule has 0 radical (unpaired) electrons. The molecule has 2 aromatic rings. The van der Waals surface area contributed by atoms with Crippen LogP contribution in [0, 0.1) is 0 Å². The van der Waals surface area contributed by atoms with Gasteiger partial charge in [0, 0.05) is 11.3 Å². The molecule has 27 heavy (non-hydrogen) atoms. The lowest BCUT2D eigenvalue weighted by Crippen LogP contribution is -2.31. The number of rotatable bonds is 6. The molecule has 2 amide bonds. The van der Waals surface area contributed by atoms with Crippen LogP contribution >= 0.6 is 11.8 Å². The first-order chi connectivity index (χ1) is 12.9. The highest BCUT2D eigenvalue weighted by molar-refractivity contribution is 8.00. The van der Waals surface area contributed by atoms with Crippen molar-refractivity contribution in [1.82, 2.24) is 0 Å². The van der Waals surface area contributed by atoms with Crippen molar-refractivity contribution in [3.05, 3.63) is 54.1 Å². The first kappa shape index (κ1) is 18.8. The van der Waals surface area contributed by atoms with E-state index < -0.39 is 29.6 Å². The number of halogens is 2. The number of aromatic carboxylic acids is 1. The van der Waals surface area contributed by atoms with Crippen LogP contribution < -0.4 is 9.64 Å². The van der Waals surface area contributed by atoms with Gasteiger partial charge in [-0.3, -0.25) is 9.59 Å². The fourth-order valence-corrected chi connectivity index (χ4v) is 3.82. The summed E-state index contributed by atoms with van der Waals surface area (Å²) in [5.74, 6) is -2.16. The van der Waals surface area contributed by atoms with E-state index in [1.807, 2.05) is 0 Å². The summed E-state index contributed by atoms with van der Waals surface area (Å²) >= 11 is 1.01. The Bertz CT molecular complexity index is 888. The Morgan fingerprint density at radius 1 is 1.15 bits per heavy atom. The molecule has 0 unspecified atom stereocenters. The summed E-state index contributed by atoms with van der Waals surface area (Å²) in [6.45, 7) is -2.97. The number of benzene rings is 2. The Balaban J connectivity index is 1.78. The van der Waals surface area contributed by atoms with Crippen LogP contribution in [0.1, 0.15) is 16.8 Å². The topological polar surface area (TPSA) is 83.9 Å². The molecule has 0 saturated carbocycles. The smallest absolute Gasteiger partial charge is 0.387 e. The minimum absolute atomic E-state index is 0.0506. The Kier molecular flexibility index (Phi) is 5.41. The first-order valence-corrected chi connectivity index (χ1v) is 8.65. The van der Waals surface area contributed by atoms with Gasteiger partial charge in [-0.2, -0.15) is 8.78 Å². The minimum atomic E-state index is -2.97. The van der Waals surface area contributed by atoms with Crippen molar-refractivity contribution in [2.45, 2.75) is 23.2 Å². The molecule has 1 N–H and O–H groups in total. The molecule has 1 heterocycles. The molecule has 0 aliphatic carbocycles. The van der Waals surface area contributed by atoms with E-state index in [1.165, 1.54) is 30.3 Å². The van der Waals surface area contributed by atoms with Gasteiger partial charge in [-0.1, -0.05) is 12.1 Å². The second kappa shape index (κ2) is 7.75. The van der Waals surface area contributed by atoms with Gasteiger partial charge in [-0.05, 0) is 36.4 Å². The van der Waals surface area contributed by atoms with Gasteiger partial charge in [0.1, 0.15) is 5.75 Å². The number of carboxylic acids is 1. The van der Waals surface area contributed by atoms with Crippen molar-refractivity contribution in [3.8, 4) is 5.75 Å². The van der Waals surface area contributed by atoms with Gasteiger partial charge in [-0.25, -0.2) is 9.69 Å². The molecule has 2 aromatic carbocycles. The summed E-state index contributed by atoms with van der Waals surface area (Å²) in [4.78, 5) is 37.6. The summed E-state index contributed by atoms with van der Waals surface area (Å²) < 4.78 is 28.7. The van der Waals surface area contributed by atoms with Crippen LogP contribution in [0.5, 0.6) is 5.75 Å². The lowest BCUT2D eigenvalue weighted by Gasteiger charge is -2.16. The summed E-state index contributed by atoms with van der Waals surface area (Å²) in [7, 11) is 0. The number of nitrogens with zero attached hydrogens (tertiary/aromatic N) is 1. The molecule has 1 fully saturated rings. The van der Waals surface area contributed by atoms with Crippen LogP contribution in [0.4, 0.5) is 14.5 Å². The van der Waals surface area contributed by atoms with Gasteiger partial charge < -0.3 is 9.84 Å². The summed E-state index contributed by atoms with van der Waals surface area (Å²) in [6.07, 6.45) is -0.0905. The van der Waals surface area contributed by atoms with E-state index >= 15 is 0 Å². The predicted molar refractivity (Wildman–Crippen MR) is 93.2 cm³/mol. The van der Waals surface area contributed by atoms with Crippen molar-refractivity contribution in [3.63, 3.8) is 0 Å². The van der Waals surface area contributed by atoms with Crippen molar-refractivity contribution in [1.29, 1.82) is 0 Å². The Morgan fingerprint density at radius 2 is 1.81 bits per heavy atom. The molecule has 0 aromatic heterocycles. The third-order valence-corrected chi connectivity index (χ3v) is 5.07. The van der Waals surface area contributed by atoms with E-state index in [4.69, 9.17) is 0 Å². The number of thioether (sulfide) groups is 1. The number of carbonyl (C=O) groups excluding carboxylic acids is 2. The number of hydrogen-bond acceptors (Lipinski definition) is 5. The fraction of sp³-hybridized carbons (Fsp3) is 0.167. The summed E-state index contributed by atoms with van der Waals surface area (Å²) in [5.41, 5.74) is 0.288. The van der Waals surface area contributed by atoms with Crippen LogP contribution in [0.2, 0.25) is 0 Å². The Morgan fingerprint density at radius 3 is 2.44 bits per heavy atom. The van der Waals surface area contributed by atoms with Gasteiger partial charge in [0.25, 0.3) is 0 Å². The van der Waals surface area contributed by atoms with Crippen LogP contribution in [0.25, 0.3) is 0 Å². The standard InChI is InChI=1S/C18H13F2NO5S/c19-18(20)26-11-7-5-10(6-8-11)21-15(22)9-14(16(21)23)27-13-4-2-1-3-12(13)17(24)25/h1-8,14,18H,9H2,(H,24,25)/t14-/m1/s1. The largest absolute Gasteiger partial charge is 0.478 e. The number of hydrogen-bond donors (Lipinski definition) is 1. The number of alkyl halides is 2. The maximum Gasteiger partial charge on any atom is 0.387 e. The zero-order valence-electron chi connectivity index (χ0n) is 13.7. The van der Waals surface area contributed by atoms with Crippen molar-refractivity contribution in [2.24, 2.45) is 0 Å². The molecule has 1 saturated heterocycles. The zero-order chi connectivity index (χ0) is 19.6. The molecule has 0 bridgehead atoms. The fourth-order valence-electron chi connectivity index (χ4n) is 2.64. The van der Waals surface area contributed by atoms with Gasteiger partial charge in [0.2, 0.25) is 11.8 Å². The first-order valence-electron chi connectivity index (χ1n) is 7.77. The van der Waals surface area contributed by atoms with Crippen LogP contribution in [0.3, 0.4) is 0 Å². The van der Waals surface area contributed by atoms with E-state index in [-0.39, 0.29) is 23.4 Å². The number of imide groups is 1. The number of carbonyl (C=O) groups is 3. The van der Waals surface area contributed by atoms with Gasteiger partial charge in [0.15, 0.2) is 0 Å². The van der Waals surface area contributed by atoms with Crippen LogP contribution in [-0.2, 0) is 9.59 Å². The molecule has 140 valence electrons. The maximum absolute atomic E-state index is 12.7. The lowest BCUT2D eigenvalue weighted by molar-refractivity contribution is -0.121. The molecule has 0 spiro atoms. The molecule has 1 atom stereocenters. The highest BCUT2D eigenvalue weighted by Crippen LogP contribution is 2.36. The van der Waals surface area contributed by atoms with Crippen molar-refractivity contribution >= 4 is 35.2 Å². The number of ether oxygens (including phenoxy) is 1. The minimum Gasteiger partial charge on any atom is -0.478 e. The van der Waals surface area contributed by atoms with Gasteiger partial charge >= 0.3 is 12.6 Å². The van der Waals surface area contributed by atoms with E-state index in [9.17, 15) is 28.3 Å². The molecular formula is C18H13F2NO5S. The van der Waals surface area contributed by atoms with Crippen molar-refractivity contribution in [2.75, 3.05) is 4.90 Å². The van der Waals surface area contributed by atoms with E-state index in [1.54, 1.807) is 18.2 Å². The predicted octanol–water partition coefficient (Wildman–Crippen LogP) is 3.41. The maximum atomic E-state index is 12.7. The molecular weight excluding hydrogens is 380 g/mol. The molecule has 3 rings (SSSR count). The third-order valence-electron chi connectivity index (χ3n) is 3.81. The SMILES string of the molecule is O=C(O)c1ccccc1S[C@@H]1CC(=O)N(c2ccc(OC(F)F)cc2)C1=O. The highest BCUT2D eigenvalue weighted by Gasteiger charge is 2.40. The normalized spacial score (nSPS) is 16.9. The van der Waals surface area contributed by atoms with Crippen molar-refractivity contribution < 1.29 is 33.0 Å². The molecule has 9 heteroatoms. The number of carboxylic acid groups (broad SMARTS) is 1. The molecule has 1 aliphatic heterocycles. The van der Waals surface area contributed by atoms with E-state index in [0.717, 1.165) is 16.7 Å². The summed E-state index contributed by atoms with van der Waals surface area (Å²) in [6, 6.07) is 11.4. The number of amides is 2. The van der Waals surface area contributed by atoms with Crippen LogP contribution in [-0.4, -0.2) is 34.8 Å². The molecule has 6 nitrogen and oxygen atoms in total. The Hall–Kier alpha value is -2.94. The highest BCUT2D eigenvalue weighted by atomic mass is 32.2. The second-order valence-electron chi connectivity index (χ2n) is 5.55. The van der Waals surface area contributed by atoms with Crippen LogP contribution in [0.15, 0.2) is 53.4 Å². The Labute approximate surface area is 156 Å². The van der Waals surface area contributed by atoms with E-state index in [2.05, 4.69) is 4.74 Å². The monoisotopic (exact) mass is 393 g/mol. The second-order valence-corrected chi connectivity index (χ2v) is 6.80. The number of anilines is 1. The lowest BCUT2D eigenvalue weighted by atomic mass is 10.2. The third kappa shape index (κ3) is 4.08. The van der Waals surface area contributed by atoms with Gasteiger partial charge in [-0.15, -0.1) is 11.8 Å². The molecule has 1 aliphatic rings. The van der Waals surface area contributed by atoms with Gasteiger partial charge in [0.05, 0.1) is 16.5 Å². The summed E-state index contributed by atoms with van der Waals surface area (Å²) in [5, 5.41) is 8.47.